The fourth-order valence-corrected chi connectivity index (χ4v) is 2.76. The molecule has 2 saturated carbocycles. The Kier molecular flexibility index (Phi) is 1.82. The number of ketones is 1. The first-order valence-corrected chi connectivity index (χ1v) is 4.94. The Hall–Kier alpha value is -0.590. The van der Waals surface area contributed by atoms with Gasteiger partial charge in [-0.25, -0.2) is 0 Å². The smallest absolute Gasteiger partial charge is 0.136 e. The van der Waals surface area contributed by atoms with E-state index in [9.17, 15) is 4.79 Å². The van der Waals surface area contributed by atoms with Gasteiger partial charge in [0.2, 0.25) is 0 Å². The molecule has 1 heteroatoms. The minimum absolute atomic E-state index is 0.383. The van der Waals surface area contributed by atoms with Gasteiger partial charge in [0.25, 0.3) is 0 Å². The number of Topliss-reactive ketones (excluding diaryl/α,β-unsaturated/α-hetero) is 1. The molecule has 0 radical (unpaired) electrons. The molecule has 0 spiro atoms. The maximum Gasteiger partial charge on any atom is 0.136 e. The van der Waals surface area contributed by atoms with E-state index in [1.54, 1.807) is 0 Å². The van der Waals surface area contributed by atoms with Crippen LogP contribution in [0.25, 0.3) is 0 Å². The fourth-order valence-electron chi connectivity index (χ4n) is 2.76. The summed E-state index contributed by atoms with van der Waals surface area (Å²) in [6.45, 7) is 6.29. The SMILES string of the molecule is C=C1C[C@H]2C(=O)C[C@H]2[C@H]1CCC. The van der Waals surface area contributed by atoms with Gasteiger partial charge in [0, 0.05) is 12.3 Å². The number of rotatable bonds is 2. The molecule has 2 fully saturated rings. The van der Waals surface area contributed by atoms with E-state index >= 15 is 0 Å². The van der Waals surface area contributed by atoms with Crippen molar-refractivity contribution in [1.29, 1.82) is 0 Å². The third-order valence-electron chi connectivity index (χ3n) is 3.49. The predicted octanol–water partition coefficient (Wildman–Crippen LogP) is 2.57. The lowest BCUT2D eigenvalue weighted by Crippen LogP contribution is -2.35. The van der Waals surface area contributed by atoms with Gasteiger partial charge in [-0.15, -0.1) is 0 Å². The van der Waals surface area contributed by atoms with Crippen LogP contribution in [0.2, 0.25) is 0 Å². The van der Waals surface area contributed by atoms with Crippen LogP contribution in [-0.2, 0) is 4.79 Å². The highest BCUT2D eigenvalue weighted by Gasteiger charge is 2.49. The van der Waals surface area contributed by atoms with Crippen LogP contribution in [0.4, 0.5) is 0 Å². The second-order valence-corrected chi connectivity index (χ2v) is 4.20. The summed E-state index contributed by atoms with van der Waals surface area (Å²) in [4.78, 5) is 11.2. The summed E-state index contributed by atoms with van der Waals surface area (Å²) >= 11 is 0. The Labute approximate surface area is 73.8 Å². The fraction of sp³-hybridized carbons (Fsp3) is 0.727. The van der Waals surface area contributed by atoms with Gasteiger partial charge in [-0.05, 0) is 24.7 Å². The van der Waals surface area contributed by atoms with Gasteiger partial charge in [0.1, 0.15) is 5.78 Å². The topological polar surface area (TPSA) is 17.1 Å². The zero-order valence-corrected chi connectivity index (χ0v) is 7.68. The van der Waals surface area contributed by atoms with Gasteiger partial charge in [0.15, 0.2) is 0 Å². The van der Waals surface area contributed by atoms with Crippen molar-refractivity contribution in [3.8, 4) is 0 Å². The monoisotopic (exact) mass is 164 g/mol. The molecule has 0 N–H and O–H groups in total. The Morgan fingerprint density at radius 2 is 2.25 bits per heavy atom. The van der Waals surface area contributed by atoms with E-state index in [0.717, 1.165) is 12.8 Å². The first-order chi connectivity index (χ1) is 5.74. The zero-order valence-electron chi connectivity index (χ0n) is 7.68. The normalized spacial score (nSPS) is 39.6. The summed E-state index contributed by atoms with van der Waals surface area (Å²) in [5.41, 5.74) is 1.35. The van der Waals surface area contributed by atoms with Crippen LogP contribution in [0.5, 0.6) is 0 Å². The van der Waals surface area contributed by atoms with Gasteiger partial charge in [-0.3, -0.25) is 4.79 Å². The van der Waals surface area contributed by atoms with Crippen molar-refractivity contribution in [2.45, 2.75) is 32.6 Å². The maximum atomic E-state index is 11.2. The summed E-state index contributed by atoms with van der Waals surface area (Å²) in [5.74, 6) is 2.23. The van der Waals surface area contributed by atoms with E-state index in [4.69, 9.17) is 0 Å². The molecule has 0 aromatic heterocycles. The third-order valence-corrected chi connectivity index (χ3v) is 3.49. The molecule has 0 amide bonds. The first kappa shape index (κ1) is 8.03. The lowest BCUT2D eigenvalue weighted by Gasteiger charge is -2.32. The summed E-state index contributed by atoms with van der Waals surface area (Å²) in [6.07, 6.45) is 4.30. The second-order valence-electron chi connectivity index (χ2n) is 4.20. The quantitative estimate of drug-likeness (QED) is 0.573. The number of carbonyl (C=O) groups excluding carboxylic acids is 1. The summed E-state index contributed by atoms with van der Waals surface area (Å²) < 4.78 is 0. The molecule has 2 aliphatic carbocycles. The molecule has 3 atom stereocenters. The Balaban J connectivity index is 2.07. The number of carbonyl (C=O) groups is 1. The highest BCUT2D eigenvalue weighted by atomic mass is 16.1. The maximum absolute atomic E-state index is 11.2. The average Bonchev–Trinajstić information content (AvgIpc) is 2.28. The highest BCUT2D eigenvalue weighted by molar-refractivity contribution is 5.88. The average molecular weight is 164 g/mol. The van der Waals surface area contributed by atoms with Gasteiger partial charge in [-0.1, -0.05) is 25.5 Å². The molecule has 0 bridgehead atoms. The van der Waals surface area contributed by atoms with Gasteiger partial charge >= 0.3 is 0 Å². The van der Waals surface area contributed by atoms with Crippen LogP contribution in [0.1, 0.15) is 32.6 Å². The van der Waals surface area contributed by atoms with Gasteiger partial charge < -0.3 is 0 Å². The van der Waals surface area contributed by atoms with Crippen LogP contribution in [0, 0.1) is 17.8 Å². The van der Waals surface area contributed by atoms with Crippen LogP contribution in [0.15, 0.2) is 12.2 Å². The molecule has 2 aliphatic rings. The van der Waals surface area contributed by atoms with Gasteiger partial charge in [-0.2, -0.15) is 0 Å². The number of fused-ring (bicyclic) bond motifs is 1. The molecule has 0 saturated heterocycles. The van der Waals surface area contributed by atoms with E-state index < -0.39 is 0 Å². The minimum atomic E-state index is 0.383. The number of allylic oxidation sites excluding steroid dienone is 1. The molecule has 0 heterocycles. The van der Waals surface area contributed by atoms with Crippen LogP contribution in [-0.4, -0.2) is 5.78 Å². The van der Waals surface area contributed by atoms with Crippen LogP contribution < -0.4 is 0 Å². The summed E-state index contributed by atoms with van der Waals surface area (Å²) in [5, 5.41) is 0. The van der Waals surface area contributed by atoms with Crippen LogP contribution >= 0.6 is 0 Å². The summed E-state index contributed by atoms with van der Waals surface area (Å²) in [7, 11) is 0. The molecule has 66 valence electrons. The molecular formula is C11H16O. The zero-order chi connectivity index (χ0) is 8.72. The molecule has 0 aliphatic heterocycles. The van der Waals surface area contributed by atoms with E-state index in [0.29, 0.717) is 23.5 Å². The Bertz CT molecular complexity index is 229. The van der Waals surface area contributed by atoms with E-state index in [-0.39, 0.29) is 0 Å². The lowest BCUT2D eigenvalue weighted by molar-refractivity contribution is -0.133. The Morgan fingerprint density at radius 1 is 1.50 bits per heavy atom. The van der Waals surface area contributed by atoms with Crippen molar-refractivity contribution in [1.82, 2.24) is 0 Å². The standard InChI is InChI=1S/C11H16O/c1-3-4-8-7(2)5-10-9(8)6-11(10)12/h8-10H,2-6H2,1H3/t8-,9-,10+/m0/s1. The molecule has 1 nitrogen and oxygen atoms in total. The molecule has 12 heavy (non-hydrogen) atoms. The molecule has 0 aromatic carbocycles. The number of hydrogen-bond donors (Lipinski definition) is 0. The predicted molar refractivity (Wildman–Crippen MR) is 48.8 cm³/mol. The van der Waals surface area contributed by atoms with E-state index in [1.165, 1.54) is 18.4 Å². The van der Waals surface area contributed by atoms with Crippen molar-refractivity contribution in [3.63, 3.8) is 0 Å². The largest absolute Gasteiger partial charge is 0.299 e. The molecule has 0 unspecified atom stereocenters. The van der Waals surface area contributed by atoms with Crippen molar-refractivity contribution in [3.05, 3.63) is 12.2 Å². The summed E-state index contributed by atoms with van der Waals surface area (Å²) in [6, 6.07) is 0. The molecule has 2 rings (SSSR count). The second kappa shape index (κ2) is 2.72. The van der Waals surface area contributed by atoms with Crippen molar-refractivity contribution in [2.24, 2.45) is 17.8 Å². The van der Waals surface area contributed by atoms with Gasteiger partial charge in [0.05, 0.1) is 0 Å². The van der Waals surface area contributed by atoms with E-state index in [2.05, 4.69) is 13.5 Å². The van der Waals surface area contributed by atoms with Crippen molar-refractivity contribution in [2.75, 3.05) is 0 Å². The minimum Gasteiger partial charge on any atom is -0.299 e. The lowest BCUT2D eigenvalue weighted by atomic mass is 9.70. The van der Waals surface area contributed by atoms with E-state index in [1.807, 2.05) is 0 Å². The van der Waals surface area contributed by atoms with Crippen molar-refractivity contribution < 1.29 is 4.79 Å². The number of hydrogen-bond acceptors (Lipinski definition) is 1. The highest BCUT2D eigenvalue weighted by Crippen LogP contribution is 2.51. The van der Waals surface area contributed by atoms with Crippen LogP contribution in [0.3, 0.4) is 0 Å². The van der Waals surface area contributed by atoms with Crippen molar-refractivity contribution >= 4 is 5.78 Å². The Morgan fingerprint density at radius 3 is 2.75 bits per heavy atom. The molecule has 0 aromatic rings. The molecular weight excluding hydrogens is 148 g/mol. The first-order valence-electron chi connectivity index (χ1n) is 4.94. The third kappa shape index (κ3) is 0.954.